The summed E-state index contributed by atoms with van der Waals surface area (Å²) in [7, 11) is -5.47. The van der Waals surface area contributed by atoms with Gasteiger partial charge in [0.1, 0.15) is 11.2 Å². The lowest BCUT2D eigenvalue weighted by molar-refractivity contribution is -0.125. The van der Waals surface area contributed by atoms with Crippen LogP contribution in [0, 0.1) is 0 Å². The second kappa shape index (κ2) is 9.24. The minimum absolute atomic E-state index is 0.000338. The molecule has 0 aliphatic carbocycles. The maximum atomic E-state index is 13.0. The first-order valence-electron chi connectivity index (χ1n) is 11.1. The molecule has 190 valence electrons. The fourth-order valence-corrected chi connectivity index (χ4v) is 6.97. The number of amidine groups is 1. The van der Waals surface area contributed by atoms with Gasteiger partial charge < -0.3 is 26.2 Å². The van der Waals surface area contributed by atoms with E-state index in [2.05, 4.69) is 15.6 Å². The number of likely N-dealkylation sites (N-methyl/N-ethyl adjacent to an activating group) is 1. The van der Waals surface area contributed by atoms with E-state index in [0.717, 1.165) is 11.1 Å². The van der Waals surface area contributed by atoms with Crippen molar-refractivity contribution in [1.82, 2.24) is 10.2 Å². The molecule has 0 radical (unpaired) electrons. The van der Waals surface area contributed by atoms with E-state index < -0.39 is 37.0 Å². The second-order valence-corrected chi connectivity index (χ2v) is 12.7. The summed E-state index contributed by atoms with van der Waals surface area (Å²) in [5, 5.41) is 6.26. The van der Waals surface area contributed by atoms with Crippen molar-refractivity contribution in [1.29, 1.82) is 0 Å². The highest BCUT2D eigenvalue weighted by Gasteiger charge is 2.39. The van der Waals surface area contributed by atoms with E-state index in [1.165, 1.54) is 4.90 Å². The smallest absolute Gasteiger partial charge is 0.275 e. The number of primary amides is 1. The Morgan fingerprint density at radius 1 is 1.00 bits per heavy atom. The summed E-state index contributed by atoms with van der Waals surface area (Å²) >= 11 is 0. The van der Waals surface area contributed by atoms with Crippen LogP contribution in [0.4, 0.5) is 11.4 Å². The quantitative estimate of drug-likeness (QED) is 0.438. The lowest BCUT2D eigenvalue weighted by atomic mass is 9.86. The van der Waals surface area contributed by atoms with Crippen LogP contribution >= 0.6 is 0 Å². The number of rotatable bonds is 5. The van der Waals surface area contributed by atoms with Gasteiger partial charge in [0, 0.05) is 26.2 Å². The van der Waals surface area contributed by atoms with Crippen molar-refractivity contribution in [3.8, 4) is 0 Å². The lowest BCUT2D eigenvalue weighted by Crippen LogP contribution is -2.59. The number of carbonyl (C=O) groups is 2. The minimum Gasteiger partial charge on any atom is -0.370 e. The Morgan fingerprint density at radius 2 is 1.63 bits per heavy atom. The number of aliphatic imine (C=N–C) groups is 1. The molecule has 3 aliphatic rings. The van der Waals surface area contributed by atoms with Crippen molar-refractivity contribution in [3.63, 3.8) is 0 Å². The van der Waals surface area contributed by atoms with E-state index in [-0.39, 0.29) is 35.5 Å². The molecule has 3 heterocycles. The van der Waals surface area contributed by atoms with Crippen LogP contribution in [0.15, 0.2) is 40.4 Å². The second-order valence-electron chi connectivity index (χ2n) is 8.74. The number of sulfone groups is 2. The maximum absolute atomic E-state index is 13.0. The van der Waals surface area contributed by atoms with Gasteiger partial charge in [-0.25, -0.2) is 21.8 Å². The van der Waals surface area contributed by atoms with Gasteiger partial charge in [0.25, 0.3) is 5.91 Å². The molecule has 0 spiro atoms. The number of benzene rings is 1. The molecule has 4 N–H and O–H groups in total. The molecular weight excluding hydrogens is 496 g/mol. The zero-order chi connectivity index (χ0) is 25.4. The predicted molar refractivity (Wildman–Crippen MR) is 132 cm³/mol. The third-order valence-electron chi connectivity index (χ3n) is 6.65. The zero-order valence-electron chi connectivity index (χ0n) is 19.2. The molecule has 0 aromatic heterocycles. The number of amides is 2. The molecule has 1 aromatic rings. The van der Waals surface area contributed by atoms with Crippen LogP contribution < -0.4 is 21.3 Å². The summed E-state index contributed by atoms with van der Waals surface area (Å²) in [6.07, 6.45) is 0.980. The molecule has 0 atom stereocenters. The van der Waals surface area contributed by atoms with Gasteiger partial charge in [-0.15, -0.1) is 0 Å². The molecular formula is C21H28N6O6S2. The fourth-order valence-electron chi connectivity index (χ4n) is 4.44. The molecule has 0 bridgehead atoms. The van der Waals surface area contributed by atoms with E-state index in [1.54, 1.807) is 19.2 Å². The molecule has 35 heavy (non-hydrogen) atoms. The SMILES string of the molecule is CNC1(C(N)=O)CCN(c2ccccc2NC(=O)C2=CS(=O)(=O)C(N3CCS(=O)(=O)CC3)=N2)CC1. The molecule has 0 unspecified atom stereocenters. The molecule has 2 amide bonds. The van der Waals surface area contributed by atoms with Crippen LogP contribution in [-0.4, -0.2) is 89.0 Å². The van der Waals surface area contributed by atoms with Crippen molar-refractivity contribution in [3.05, 3.63) is 35.4 Å². The number of nitrogens with zero attached hydrogens (tertiary/aromatic N) is 3. The molecule has 12 nitrogen and oxygen atoms in total. The number of hydrogen-bond acceptors (Lipinski definition) is 10. The van der Waals surface area contributed by atoms with Crippen molar-refractivity contribution in [2.24, 2.45) is 10.7 Å². The van der Waals surface area contributed by atoms with Crippen LogP contribution in [0.3, 0.4) is 0 Å². The van der Waals surface area contributed by atoms with Gasteiger partial charge in [-0.05, 0) is 32.0 Å². The zero-order valence-corrected chi connectivity index (χ0v) is 20.9. The summed E-state index contributed by atoms with van der Waals surface area (Å²) in [6.45, 7) is 1.04. The standard InChI is InChI=1S/C21H28N6O6S2/c1-23-21(19(22)29)6-8-26(9-7-21)17-5-3-2-4-15(17)24-18(28)16-14-35(32,33)20(25-16)27-10-12-34(30,31)13-11-27/h2-5,14,23H,6-13H2,1H3,(H2,22,29)(H,24,28). The summed E-state index contributed by atoms with van der Waals surface area (Å²) in [6, 6.07) is 7.09. The first kappa shape index (κ1) is 25.1. The Hall–Kier alpha value is -2.97. The van der Waals surface area contributed by atoms with E-state index in [0.29, 0.717) is 31.6 Å². The van der Waals surface area contributed by atoms with Gasteiger partial charge >= 0.3 is 0 Å². The highest BCUT2D eigenvalue weighted by Crippen LogP contribution is 2.32. The average molecular weight is 525 g/mol. The van der Waals surface area contributed by atoms with Gasteiger partial charge in [0.2, 0.25) is 20.9 Å². The van der Waals surface area contributed by atoms with Crippen LogP contribution in [0.25, 0.3) is 0 Å². The van der Waals surface area contributed by atoms with Crippen LogP contribution in [0.2, 0.25) is 0 Å². The summed E-state index contributed by atoms with van der Waals surface area (Å²) in [5.74, 6) is -1.44. The Kier molecular flexibility index (Phi) is 6.64. The van der Waals surface area contributed by atoms with Crippen molar-refractivity contribution in [2.75, 3.05) is 54.9 Å². The van der Waals surface area contributed by atoms with Gasteiger partial charge in [-0.1, -0.05) is 12.1 Å². The molecule has 1 aromatic carbocycles. The molecule has 14 heteroatoms. The van der Waals surface area contributed by atoms with E-state index >= 15 is 0 Å². The van der Waals surface area contributed by atoms with E-state index in [9.17, 15) is 26.4 Å². The molecule has 4 rings (SSSR count). The van der Waals surface area contributed by atoms with Crippen molar-refractivity contribution in [2.45, 2.75) is 18.4 Å². The van der Waals surface area contributed by atoms with Crippen LogP contribution in [0.1, 0.15) is 12.8 Å². The third kappa shape index (κ3) is 5.04. The molecule has 2 saturated heterocycles. The summed E-state index contributed by atoms with van der Waals surface area (Å²) in [5.41, 5.74) is 5.73. The normalized spacial score (nSPS) is 22.8. The Bertz CT molecular complexity index is 1300. The largest absolute Gasteiger partial charge is 0.370 e. The van der Waals surface area contributed by atoms with Crippen LogP contribution in [0.5, 0.6) is 0 Å². The van der Waals surface area contributed by atoms with E-state index in [1.807, 2.05) is 17.0 Å². The summed E-state index contributed by atoms with van der Waals surface area (Å²) in [4.78, 5) is 32.3. The van der Waals surface area contributed by atoms with Gasteiger partial charge in [-0.2, -0.15) is 0 Å². The maximum Gasteiger partial charge on any atom is 0.275 e. The number of hydrogen-bond donors (Lipinski definition) is 3. The lowest BCUT2D eigenvalue weighted by Gasteiger charge is -2.41. The predicted octanol–water partition coefficient (Wildman–Crippen LogP) is -0.975. The first-order chi connectivity index (χ1) is 16.5. The minimum atomic E-state index is -3.97. The number of carbonyl (C=O) groups excluding carboxylic acids is 2. The Balaban J connectivity index is 1.50. The number of nitrogens with one attached hydrogen (secondary N) is 2. The number of para-hydroxylation sites is 2. The highest BCUT2D eigenvalue weighted by molar-refractivity contribution is 8.09. The number of anilines is 2. The van der Waals surface area contributed by atoms with Crippen LogP contribution in [-0.2, 0) is 29.3 Å². The van der Waals surface area contributed by atoms with Crippen molar-refractivity contribution >= 4 is 48.0 Å². The fraction of sp³-hybridized carbons (Fsp3) is 0.476. The Labute approximate surface area is 204 Å². The van der Waals surface area contributed by atoms with E-state index in [4.69, 9.17) is 5.73 Å². The molecule has 2 fully saturated rings. The number of nitrogens with two attached hydrogens (primary N) is 1. The highest BCUT2D eigenvalue weighted by atomic mass is 32.2. The van der Waals surface area contributed by atoms with Gasteiger partial charge in [-0.3, -0.25) is 9.59 Å². The first-order valence-corrected chi connectivity index (χ1v) is 14.5. The van der Waals surface area contributed by atoms with Crippen molar-refractivity contribution < 1.29 is 26.4 Å². The summed E-state index contributed by atoms with van der Waals surface area (Å²) < 4.78 is 48.6. The monoisotopic (exact) mass is 524 g/mol. The average Bonchev–Trinajstić information content (AvgIpc) is 3.14. The van der Waals surface area contributed by atoms with Gasteiger partial charge in [0.15, 0.2) is 9.84 Å². The number of piperidine rings is 1. The topological polar surface area (TPSA) is 171 Å². The molecule has 0 saturated carbocycles. The molecule has 3 aliphatic heterocycles. The Morgan fingerprint density at radius 3 is 2.23 bits per heavy atom. The third-order valence-corrected chi connectivity index (χ3v) is 9.65. The van der Waals surface area contributed by atoms with Gasteiger partial charge in [0.05, 0.1) is 28.3 Å².